The lowest BCUT2D eigenvalue weighted by Crippen LogP contribution is -2.34. The number of nitrogens with one attached hydrogen (secondary N) is 4. The summed E-state index contributed by atoms with van der Waals surface area (Å²) in [6.07, 6.45) is 0. The van der Waals surface area contributed by atoms with Crippen LogP contribution in [-0.2, 0) is 0 Å². The molecule has 9 nitrogen and oxygen atoms in total. The van der Waals surface area contributed by atoms with Crippen LogP contribution in [0.2, 0.25) is 0 Å². The summed E-state index contributed by atoms with van der Waals surface area (Å²) in [6.45, 7) is 7.30. The van der Waals surface area contributed by atoms with E-state index in [-0.39, 0.29) is 11.8 Å². The van der Waals surface area contributed by atoms with E-state index >= 15 is 0 Å². The van der Waals surface area contributed by atoms with Crippen molar-refractivity contribution in [1.82, 2.24) is 10.2 Å². The smallest absolute Gasteiger partial charge is 0.323 e. The zero-order chi connectivity index (χ0) is 26.6. The van der Waals surface area contributed by atoms with Gasteiger partial charge < -0.3 is 30.9 Å². The van der Waals surface area contributed by atoms with Crippen molar-refractivity contribution in [3.05, 3.63) is 83.9 Å². The molecule has 0 saturated heterocycles. The van der Waals surface area contributed by atoms with Crippen LogP contribution in [0.15, 0.2) is 72.8 Å². The highest BCUT2D eigenvalue weighted by atomic mass is 16.5. The van der Waals surface area contributed by atoms with Crippen LogP contribution in [0.3, 0.4) is 0 Å². The van der Waals surface area contributed by atoms with Crippen LogP contribution in [0.5, 0.6) is 5.75 Å². The number of ether oxygens (including phenoxy) is 1. The van der Waals surface area contributed by atoms with Crippen molar-refractivity contribution in [2.45, 2.75) is 13.8 Å². The molecule has 0 aliphatic rings. The lowest BCUT2D eigenvalue weighted by Gasteiger charge is -2.18. The molecular weight excluding hydrogens is 470 g/mol. The lowest BCUT2D eigenvalue weighted by molar-refractivity contribution is 0.0945. The second-order valence-corrected chi connectivity index (χ2v) is 8.17. The molecule has 0 heterocycles. The third-order valence-corrected chi connectivity index (χ3v) is 5.75. The van der Waals surface area contributed by atoms with E-state index in [1.807, 2.05) is 18.2 Å². The topological polar surface area (TPSA) is 112 Å². The Bertz CT molecular complexity index is 1190. The molecule has 9 heteroatoms. The first kappa shape index (κ1) is 27.2. The normalized spacial score (nSPS) is 10.5. The molecule has 0 radical (unpaired) electrons. The molecule has 194 valence electrons. The number of rotatable bonds is 11. The molecule has 0 fully saturated rings. The SMILES string of the molecule is CCN(CC)CCNC(=O)c1ccc(NC(=O)Nc2ccc(C(=O)Nc3ccccc3)cc2)cc1OC. The average molecular weight is 504 g/mol. The molecule has 0 bridgehead atoms. The molecule has 3 aromatic rings. The second kappa shape index (κ2) is 13.6. The van der Waals surface area contributed by atoms with Gasteiger partial charge >= 0.3 is 6.03 Å². The molecule has 37 heavy (non-hydrogen) atoms. The van der Waals surface area contributed by atoms with Gasteiger partial charge in [0.25, 0.3) is 11.8 Å². The number of likely N-dealkylation sites (N-methyl/N-ethyl adjacent to an activating group) is 1. The maximum atomic E-state index is 12.6. The number of para-hydroxylation sites is 1. The van der Waals surface area contributed by atoms with Crippen molar-refractivity contribution in [2.24, 2.45) is 0 Å². The average Bonchev–Trinajstić information content (AvgIpc) is 2.91. The molecule has 4 amide bonds. The number of hydrogen-bond acceptors (Lipinski definition) is 5. The van der Waals surface area contributed by atoms with Gasteiger partial charge in [-0.05, 0) is 61.6 Å². The predicted octanol–water partition coefficient (Wildman–Crippen LogP) is 4.66. The molecule has 3 rings (SSSR count). The Labute approximate surface area is 217 Å². The number of carbonyl (C=O) groups is 3. The van der Waals surface area contributed by atoms with Crippen LogP contribution in [0, 0.1) is 0 Å². The first-order chi connectivity index (χ1) is 17.9. The van der Waals surface area contributed by atoms with E-state index in [4.69, 9.17) is 4.74 Å². The quantitative estimate of drug-likeness (QED) is 0.304. The molecule has 0 spiro atoms. The highest BCUT2D eigenvalue weighted by molar-refractivity contribution is 6.05. The molecule has 0 aliphatic carbocycles. The first-order valence-electron chi connectivity index (χ1n) is 12.2. The third kappa shape index (κ3) is 8.08. The van der Waals surface area contributed by atoms with E-state index < -0.39 is 6.03 Å². The van der Waals surface area contributed by atoms with Crippen LogP contribution in [-0.4, -0.2) is 56.0 Å². The fourth-order valence-electron chi connectivity index (χ4n) is 3.64. The summed E-state index contributed by atoms with van der Waals surface area (Å²) in [7, 11) is 1.47. The maximum absolute atomic E-state index is 12.6. The third-order valence-electron chi connectivity index (χ3n) is 5.75. The minimum atomic E-state index is -0.472. The van der Waals surface area contributed by atoms with E-state index in [9.17, 15) is 14.4 Å². The van der Waals surface area contributed by atoms with Crippen molar-refractivity contribution in [3.8, 4) is 5.75 Å². The second-order valence-electron chi connectivity index (χ2n) is 8.17. The fraction of sp³-hybridized carbons (Fsp3) is 0.250. The van der Waals surface area contributed by atoms with E-state index in [0.717, 1.165) is 19.6 Å². The van der Waals surface area contributed by atoms with Crippen LogP contribution in [0.1, 0.15) is 34.6 Å². The zero-order valence-corrected chi connectivity index (χ0v) is 21.3. The Kier molecular flexibility index (Phi) is 10.0. The number of anilines is 3. The summed E-state index contributed by atoms with van der Waals surface area (Å²) < 4.78 is 5.37. The summed E-state index contributed by atoms with van der Waals surface area (Å²) in [6, 6.07) is 20.1. The van der Waals surface area contributed by atoms with Crippen LogP contribution >= 0.6 is 0 Å². The van der Waals surface area contributed by atoms with Crippen LogP contribution in [0.25, 0.3) is 0 Å². The minimum Gasteiger partial charge on any atom is -0.496 e. The van der Waals surface area contributed by atoms with Crippen molar-refractivity contribution in [3.63, 3.8) is 0 Å². The van der Waals surface area contributed by atoms with Crippen molar-refractivity contribution in [2.75, 3.05) is 49.2 Å². The monoisotopic (exact) mass is 503 g/mol. The minimum absolute atomic E-state index is 0.239. The number of nitrogens with zero attached hydrogens (tertiary/aromatic N) is 1. The van der Waals surface area contributed by atoms with Crippen LogP contribution < -0.4 is 26.0 Å². The van der Waals surface area contributed by atoms with Gasteiger partial charge in [-0.15, -0.1) is 0 Å². The van der Waals surface area contributed by atoms with Gasteiger partial charge in [-0.2, -0.15) is 0 Å². The molecule has 0 unspecified atom stereocenters. The van der Waals surface area contributed by atoms with Gasteiger partial charge in [0.15, 0.2) is 0 Å². The zero-order valence-electron chi connectivity index (χ0n) is 21.3. The van der Waals surface area contributed by atoms with Gasteiger partial charge in [-0.3, -0.25) is 9.59 Å². The Morgan fingerprint density at radius 1 is 0.757 bits per heavy atom. The van der Waals surface area contributed by atoms with Crippen molar-refractivity contribution >= 4 is 34.9 Å². The molecule has 0 aliphatic heterocycles. The number of methoxy groups -OCH3 is 1. The Morgan fingerprint density at radius 3 is 2.03 bits per heavy atom. The standard InChI is InChI=1S/C28H33N5O4/c1-4-33(5-2)18-17-29-27(35)24-16-15-23(19-25(24)37-3)32-28(36)31-22-13-11-20(12-14-22)26(34)30-21-9-7-6-8-10-21/h6-16,19H,4-5,17-18H2,1-3H3,(H,29,35)(H,30,34)(H2,31,32,36). The lowest BCUT2D eigenvalue weighted by atomic mass is 10.1. The van der Waals surface area contributed by atoms with Gasteiger partial charge in [0, 0.05) is 41.8 Å². The Morgan fingerprint density at radius 2 is 1.38 bits per heavy atom. The Balaban J connectivity index is 1.55. The number of amides is 4. The molecular formula is C28H33N5O4. The van der Waals surface area contributed by atoms with Crippen molar-refractivity contribution < 1.29 is 19.1 Å². The molecule has 0 aromatic heterocycles. The van der Waals surface area contributed by atoms with Gasteiger partial charge in [0.2, 0.25) is 0 Å². The van der Waals surface area contributed by atoms with E-state index in [1.165, 1.54) is 7.11 Å². The number of carbonyl (C=O) groups excluding carboxylic acids is 3. The maximum Gasteiger partial charge on any atom is 0.323 e. The first-order valence-corrected chi connectivity index (χ1v) is 12.2. The summed E-state index contributed by atoms with van der Waals surface area (Å²) in [5.41, 5.74) is 2.54. The molecule has 4 N–H and O–H groups in total. The predicted molar refractivity (Wildman–Crippen MR) is 147 cm³/mol. The van der Waals surface area contributed by atoms with Gasteiger partial charge in [-0.25, -0.2) is 4.79 Å². The van der Waals surface area contributed by atoms with E-state index in [1.54, 1.807) is 54.6 Å². The summed E-state index contributed by atoms with van der Waals surface area (Å²) in [4.78, 5) is 39.7. The highest BCUT2D eigenvalue weighted by Crippen LogP contribution is 2.23. The summed E-state index contributed by atoms with van der Waals surface area (Å²) in [5.74, 6) is -0.130. The van der Waals surface area contributed by atoms with Gasteiger partial charge in [0.05, 0.1) is 12.7 Å². The van der Waals surface area contributed by atoms with Crippen molar-refractivity contribution in [1.29, 1.82) is 0 Å². The van der Waals surface area contributed by atoms with Gasteiger partial charge in [-0.1, -0.05) is 32.0 Å². The van der Waals surface area contributed by atoms with E-state index in [0.29, 0.717) is 40.5 Å². The Hall–Kier alpha value is -4.37. The van der Waals surface area contributed by atoms with Gasteiger partial charge in [0.1, 0.15) is 5.75 Å². The molecule has 0 saturated carbocycles. The summed E-state index contributed by atoms with van der Waals surface area (Å²) >= 11 is 0. The number of benzene rings is 3. The molecule has 3 aromatic carbocycles. The number of hydrogen-bond donors (Lipinski definition) is 4. The highest BCUT2D eigenvalue weighted by Gasteiger charge is 2.14. The van der Waals surface area contributed by atoms with E-state index in [2.05, 4.69) is 40.0 Å². The summed E-state index contributed by atoms with van der Waals surface area (Å²) in [5, 5.41) is 11.2. The largest absolute Gasteiger partial charge is 0.496 e. The fourth-order valence-corrected chi connectivity index (χ4v) is 3.64. The van der Waals surface area contributed by atoms with Crippen LogP contribution in [0.4, 0.5) is 21.9 Å². The molecule has 0 atom stereocenters. The number of urea groups is 1.